The molecule has 0 bridgehead atoms. The lowest BCUT2D eigenvalue weighted by molar-refractivity contribution is 0.669. The van der Waals surface area contributed by atoms with E-state index in [2.05, 4.69) is 229 Å². The second-order valence-corrected chi connectivity index (χ2v) is 16.1. The Bertz CT molecular complexity index is 3600. The van der Waals surface area contributed by atoms with E-state index in [4.69, 9.17) is 4.42 Å². The summed E-state index contributed by atoms with van der Waals surface area (Å²) in [5.74, 6) is 0. The van der Waals surface area contributed by atoms with Crippen LogP contribution in [0.3, 0.4) is 0 Å². The van der Waals surface area contributed by atoms with Gasteiger partial charge in [0.2, 0.25) is 0 Å². The summed E-state index contributed by atoms with van der Waals surface area (Å²) in [5.41, 5.74) is 14.6. The van der Waals surface area contributed by atoms with Gasteiger partial charge in [0.1, 0.15) is 11.2 Å². The zero-order valence-electron chi connectivity index (χ0n) is 33.9. The van der Waals surface area contributed by atoms with Gasteiger partial charge in [-0.25, -0.2) is 0 Å². The zero-order chi connectivity index (χ0) is 41.0. The Balaban J connectivity index is 0.928. The fourth-order valence-corrected chi connectivity index (χ4v) is 9.35. The Morgan fingerprint density at radius 3 is 1.44 bits per heavy atom. The summed E-state index contributed by atoms with van der Waals surface area (Å²) < 4.78 is 6.20. The van der Waals surface area contributed by atoms with Crippen molar-refractivity contribution in [3.05, 3.63) is 237 Å². The first-order valence-electron chi connectivity index (χ1n) is 21.2. The Kier molecular flexibility index (Phi) is 8.53. The van der Waals surface area contributed by atoms with Gasteiger partial charge in [-0.2, -0.15) is 0 Å². The first kappa shape index (κ1) is 35.7. The third-order valence-corrected chi connectivity index (χ3v) is 12.4. The van der Waals surface area contributed by atoms with Crippen LogP contribution in [0.4, 0.5) is 17.1 Å². The second-order valence-electron chi connectivity index (χ2n) is 16.1. The number of para-hydroxylation sites is 1. The molecule has 2 nitrogen and oxygen atoms in total. The largest absolute Gasteiger partial charge is 0.456 e. The molecule has 1 heterocycles. The van der Waals surface area contributed by atoms with Crippen molar-refractivity contribution in [2.45, 2.75) is 0 Å². The average molecular weight is 790 g/mol. The molecular weight excluding hydrogens is 751 g/mol. The molecular formula is C60H39NO. The summed E-state index contributed by atoms with van der Waals surface area (Å²) in [6, 6.07) is 85.6. The second kappa shape index (κ2) is 14.8. The molecule has 0 aliphatic rings. The van der Waals surface area contributed by atoms with Crippen LogP contribution in [0.5, 0.6) is 0 Å². The van der Waals surface area contributed by atoms with Crippen molar-refractivity contribution in [2.75, 3.05) is 4.90 Å². The molecule has 62 heavy (non-hydrogen) atoms. The molecule has 0 radical (unpaired) electrons. The highest BCUT2D eigenvalue weighted by atomic mass is 16.3. The van der Waals surface area contributed by atoms with Crippen molar-refractivity contribution in [3.8, 4) is 44.5 Å². The molecule has 1 aromatic heterocycles. The molecule has 290 valence electrons. The molecule has 0 fully saturated rings. The maximum absolute atomic E-state index is 6.20. The quantitative estimate of drug-likeness (QED) is 0.150. The fourth-order valence-electron chi connectivity index (χ4n) is 9.35. The minimum absolute atomic E-state index is 0.910. The first-order valence-corrected chi connectivity index (χ1v) is 21.2. The summed E-state index contributed by atoms with van der Waals surface area (Å²) >= 11 is 0. The van der Waals surface area contributed by atoms with Gasteiger partial charge in [0.05, 0.1) is 5.69 Å². The average Bonchev–Trinajstić information content (AvgIpc) is 3.73. The van der Waals surface area contributed by atoms with Gasteiger partial charge in [0.15, 0.2) is 0 Å². The number of hydrogen-bond acceptors (Lipinski definition) is 2. The molecule has 0 atom stereocenters. The van der Waals surface area contributed by atoms with Crippen molar-refractivity contribution >= 4 is 71.3 Å². The van der Waals surface area contributed by atoms with Crippen LogP contribution in [0.25, 0.3) is 98.8 Å². The number of furan rings is 1. The van der Waals surface area contributed by atoms with Crippen molar-refractivity contribution < 1.29 is 4.42 Å². The summed E-state index contributed by atoms with van der Waals surface area (Å²) in [5, 5.41) is 9.69. The molecule has 0 N–H and O–H groups in total. The van der Waals surface area contributed by atoms with E-state index in [1.54, 1.807) is 0 Å². The van der Waals surface area contributed by atoms with Crippen molar-refractivity contribution in [1.29, 1.82) is 0 Å². The van der Waals surface area contributed by atoms with E-state index in [1.165, 1.54) is 60.1 Å². The van der Waals surface area contributed by atoms with E-state index in [1.807, 2.05) is 12.1 Å². The van der Waals surface area contributed by atoms with Gasteiger partial charge in [-0.1, -0.05) is 176 Å². The third kappa shape index (κ3) is 6.20. The molecule has 0 spiro atoms. The third-order valence-electron chi connectivity index (χ3n) is 12.4. The van der Waals surface area contributed by atoms with Crippen LogP contribution in [0.2, 0.25) is 0 Å². The normalized spacial score (nSPS) is 11.5. The summed E-state index contributed by atoms with van der Waals surface area (Å²) in [6.07, 6.45) is 0. The standard InChI is InChI=1S/C60H39NO/c1-2-12-44(13-3-1)57-37-48(36-46-14-4-7-17-52(46)57)43-28-33-50(34-29-43)61(58-38-47-15-5-6-16-51(47)53-18-8-9-19-54(53)58)49-31-26-41(27-32-49)40-22-24-42(25-23-40)45-30-35-56-55-20-10-11-21-59(55)62-60(56)39-45/h1-39H. The number of anilines is 3. The highest BCUT2D eigenvalue weighted by Crippen LogP contribution is 2.44. The lowest BCUT2D eigenvalue weighted by atomic mass is 9.93. The number of benzene rings is 11. The van der Waals surface area contributed by atoms with Crippen LogP contribution < -0.4 is 4.90 Å². The molecule has 2 heteroatoms. The molecule has 0 amide bonds. The Morgan fingerprint density at radius 2 is 0.742 bits per heavy atom. The van der Waals surface area contributed by atoms with Gasteiger partial charge in [-0.3, -0.25) is 0 Å². The molecule has 12 rings (SSSR count). The Hall–Kier alpha value is -8.20. The Labute approximate surface area is 360 Å². The molecule has 0 aliphatic heterocycles. The zero-order valence-corrected chi connectivity index (χ0v) is 33.9. The van der Waals surface area contributed by atoms with E-state index in [0.717, 1.165) is 55.7 Å². The first-order chi connectivity index (χ1) is 30.7. The highest BCUT2D eigenvalue weighted by Gasteiger charge is 2.18. The summed E-state index contributed by atoms with van der Waals surface area (Å²) in [7, 11) is 0. The maximum atomic E-state index is 6.20. The number of fused-ring (bicyclic) bond motifs is 7. The number of rotatable bonds is 7. The maximum Gasteiger partial charge on any atom is 0.136 e. The van der Waals surface area contributed by atoms with E-state index >= 15 is 0 Å². The topological polar surface area (TPSA) is 16.4 Å². The van der Waals surface area contributed by atoms with Gasteiger partial charge < -0.3 is 9.32 Å². The van der Waals surface area contributed by atoms with Gasteiger partial charge in [0.25, 0.3) is 0 Å². The van der Waals surface area contributed by atoms with Crippen molar-refractivity contribution in [2.24, 2.45) is 0 Å². The van der Waals surface area contributed by atoms with Crippen molar-refractivity contribution in [1.82, 2.24) is 0 Å². The van der Waals surface area contributed by atoms with Crippen LogP contribution in [-0.4, -0.2) is 0 Å². The molecule has 0 saturated heterocycles. The van der Waals surface area contributed by atoms with Crippen LogP contribution in [0.1, 0.15) is 0 Å². The Morgan fingerprint density at radius 1 is 0.258 bits per heavy atom. The number of hydrogen-bond donors (Lipinski definition) is 0. The monoisotopic (exact) mass is 789 g/mol. The predicted molar refractivity (Wildman–Crippen MR) is 263 cm³/mol. The van der Waals surface area contributed by atoms with E-state index in [9.17, 15) is 0 Å². The van der Waals surface area contributed by atoms with Crippen LogP contribution in [0.15, 0.2) is 241 Å². The van der Waals surface area contributed by atoms with Gasteiger partial charge >= 0.3 is 0 Å². The van der Waals surface area contributed by atoms with Crippen LogP contribution in [0, 0.1) is 0 Å². The molecule has 0 saturated carbocycles. The molecule has 0 aliphatic carbocycles. The summed E-state index contributed by atoms with van der Waals surface area (Å²) in [4.78, 5) is 2.41. The van der Waals surface area contributed by atoms with E-state index in [-0.39, 0.29) is 0 Å². The molecule has 0 unspecified atom stereocenters. The smallest absolute Gasteiger partial charge is 0.136 e. The van der Waals surface area contributed by atoms with E-state index in [0.29, 0.717) is 0 Å². The molecule has 11 aromatic carbocycles. The predicted octanol–water partition coefficient (Wildman–Crippen LogP) is 17.2. The highest BCUT2D eigenvalue weighted by molar-refractivity contribution is 6.14. The minimum atomic E-state index is 0.910. The lowest BCUT2D eigenvalue weighted by Gasteiger charge is -2.28. The fraction of sp³-hybridized carbons (Fsp3) is 0. The van der Waals surface area contributed by atoms with Crippen LogP contribution >= 0.6 is 0 Å². The van der Waals surface area contributed by atoms with Crippen LogP contribution in [-0.2, 0) is 0 Å². The lowest BCUT2D eigenvalue weighted by Crippen LogP contribution is -2.10. The van der Waals surface area contributed by atoms with Gasteiger partial charge in [-0.05, 0) is 132 Å². The summed E-state index contributed by atoms with van der Waals surface area (Å²) in [6.45, 7) is 0. The van der Waals surface area contributed by atoms with E-state index < -0.39 is 0 Å². The number of nitrogens with zero attached hydrogens (tertiary/aromatic N) is 1. The minimum Gasteiger partial charge on any atom is -0.456 e. The molecule has 12 aromatic rings. The van der Waals surface area contributed by atoms with Crippen molar-refractivity contribution in [3.63, 3.8) is 0 Å². The SMILES string of the molecule is c1ccc(-c2cc(-c3ccc(N(c4ccc(-c5ccc(-c6ccc7c(c6)oc6ccccc67)cc5)cc4)c4cc5ccccc5c5ccccc45)cc3)cc3ccccc23)cc1. The van der Waals surface area contributed by atoms with Gasteiger partial charge in [0, 0.05) is 27.5 Å². The van der Waals surface area contributed by atoms with Gasteiger partial charge in [-0.15, -0.1) is 0 Å².